The van der Waals surface area contributed by atoms with Crippen LogP contribution in [0.4, 0.5) is 22.1 Å². The van der Waals surface area contributed by atoms with Gasteiger partial charge in [-0.2, -0.15) is 9.97 Å². The summed E-state index contributed by atoms with van der Waals surface area (Å²) in [6.07, 6.45) is 3.42. The Hall–Kier alpha value is -6.63. The van der Waals surface area contributed by atoms with E-state index in [2.05, 4.69) is 20.9 Å². The zero-order valence-corrected chi connectivity index (χ0v) is 30.3. The number of ether oxygens (including phenoxy) is 5. The third-order valence-electron chi connectivity index (χ3n) is 8.79. The van der Waals surface area contributed by atoms with Crippen molar-refractivity contribution in [2.75, 3.05) is 36.7 Å². The van der Waals surface area contributed by atoms with Crippen molar-refractivity contribution in [3.63, 3.8) is 0 Å². The summed E-state index contributed by atoms with van der Waals surface area (Å²) in [7, 11) is 1.47. The van der Waals surface area contributed by atoms with Crippen molar-refractivity contribution in [1.29, 1.82) is 0 Å². The van der Waals surface area contributed by atoms with E-state index in [1.807, 2.05) is 12.1 Å². The molecule has 0 saturated carbocycles. The summed E-state index contributed by atoms with van der Waals surface area (Å²) in [4.78, 5) is 68.3. The predicted molar refractivity (Wildman–Crippen MR) is 199 cm³/mol. The van der Waals surface area contributed by atoms with Crippen molar-refractivity contribution in [2.45, 2.75) is 38.7 Å². The summed E-state index contributed by atoms with van der Waals surface area (Å²) in [5.74, 6) is -0.0539. The summed E-state index contributed by atoms with van der Waals surface area (Å²) >= 11 is 0. The molecule has 3 aromatic carbocycles. The van der Waals surface area contributed by atoms with E-state index in [0.717, 1.165) is 0 Å². The molecule has 0 spiro atoms. The zero-order valence-electron chi connectivity index (χ0n) is 30.3. The van der Waals surface area contributed by atoms with Crippen molar-refractivity contribution in [2.24, 2.45) is 5.92 Å². The van der Waals surface area contributed by atoms with Crippen LogP contribution in [0, 0.1) is 18.3 Å². The van der Waals surface area contributed by atoms with Crippen LogP contribution < -0.4 is 14.5 Å². The molecule has 0 unspecified atom stereocenters. The maximum absolute atomic E-state index is 14.1. The second-order valence-corrected chi connectivity index (χ2v) is 12.4. The number of fused-ring (bicyclic) bond motifs is 1. The van der Waals surface area contributed by atoms with Gasteiger partial charge >= 0.3 is 18.0 Å². The molecule has 15 heteroatoms. The van der Waals surface area contributed by atoms with E-state index in [1.165, 1.54) is 41.6 Å². The first-order valence-electron chi connectivity index (χ1n) is 17.3. The number of anilines is 3. The largest absolute Gasteiger partial charge is 0.459 e. The number of rotatable bonds is 13. The van der Waals surface area contributed by atoms with Gasteiger partial charge in [-0.15, -0.1) is 6.42 Å². The molecule has 2 amide bonds. The number of amides is 2. The van der Waals surface area contributed by atoms with E-state index in [0.29, 0.717) is 23.4 Å². The lowest BCUT2D eigenvalue weighted by Crippen LogP contribution is -2.34. The number of hydrogen-bond donors (Lipinski definition) is 0. The standard InChI is InChI=1S/C40H38N6O9/c1-5-22-51-23-21-31-32(24-52-38(49)28-15-9-6-10-16-28)54-37(34(31)53-27(3)48)45-25-41-33-35(45)42-39(44(4)26(2)47)43-36(33)55-40(50)46(29-17-11-7-12-18-29)30-19-13-8-14-20-30/h1,6-20,25,31-32,34,37H,21-24H2,2-4H3/t31-,32-,34-,37-/m1/s1. The van der Waals surface area contributed by atoms with Crippen molar-refractivity contribution in [1.82, 2.24) is 19.5 Å². The van der Waals surface area contributed by atoms with Crippen molar-refractivity contribution in [3.8, 4) is 18.2 Å². The van der Waals surface area contributed by atoms with Crippen LogP contribution in [0.2, 0.25) is 0 Å². The number of benzene rings is 3. The Labute approximate surface area is 316 Å². The molecule has 15 nitrogen and oxygen atoms in total. The smallest absolute Gasteiger partial charge is 0.425 e. The molecule has 6 rings (SSSR count). The molecule has 1 saturated heterocycles. The molecular weight excluding hydrogens is 708 g/mol. The topological polar surface area (TPSA) is 165 Å². The van der Waals surface area contributed by atoms with E-state index in [1.54, 1.807) is 78.9 Å². The minimum atomic E-state index is -1.08. The summed E-state index contributed by atoms with van der Waals surface area (Å²) in [5.41, 5.74) is 1.54. The second kappa shape index (κ2) is 17.5. The highest BCUT2D eigenvalue weighted by atomic mass is 16.6. The second-order valence-electron chi connectivity index (χ2n) is 12.4. The molecule has 0 aliphatic carbocycles. The van der Waals surface area contributed by atoms with Crippen LogP contribution in [0.1, 0.15) is 36.9 Å². The highest BCUT2D eigenvalue weighted by Gasteiger charge is 2.48. The molecule has 282 valence electrons. The van der Waals surface area contributed by atoms with Gasteiger partial charge in [-0.1, -0.05) is 60.5 Å². The number of imidazole rings is 1. The van der Waals surface area contributed by atoms with Crippen LogP contribution in [-0.2, 0) is 28.5 Å². The Morgan fingerprint density at radius 2 is 1.55 bits per heavy atom. The third kappa shape index (κ3) is 8.78. The third-order valence-corrected chi connectivity index (χ3v) is 8.79. The van der Waals surface area contributed by atoms with Gasteiger partial charge in [0.2, 0.25) is 11.9 Å². The summed E-state index contributed by atoms with van der Waals surface area (Å²) in [6, 6.07) is 26.3. The van der Waals surface area contributed by atoms with Gasteiger partial charge in [-0.3, -0.25) is 19.1 Å². The summed E-state index contributed by atoms with van der Waals surface area (Å²) < 4.78 is 31.1. The molecule has 4 atom stereocenters. The van der Waals surface area contributed by atoms with E-state index in [-0.39, 0.29) is 42.8 Å². The molecule has 2 aromatic heterocycles. The van der Waals surface area contributed by atoms with Crippen LogP contribution >= 0.6 is 0 Å². The lowest BCUT2D eigenvalue weighted by molar-refractivity contribution is -0.154. The molecule has 0 radical (unpaired) electrons. The Morgan fingerprint density at radius 1 is 0.909 bits per heavy atom. The molecule has 1 aliphatic heterocycles. The van der Waals surface area contributed by atoms with Gasteiger partial charge < -0.3 is 23.7 Å². The minimum absolute atomic E-state index is 0.0492. The quantitative estimate of drug-likeness (QED) is 0.0847. The van der Waals surface area contributed by atoms with Crippen molar-refractivity contribution in [3.05, 3.63) is 103 Å². The number of terminal acetylenes is 1. The normalized spacial score (nSPS) is 17.6. The van der Waals surface area contributed by atoms with Gasteiger partial charge in [0.05, 0.1) is 23.3 Å². The lowest BCUT2D eigenvalue weighted by Gasteiger charge is -2.24. The van der Waals surface area contributed by atoms with Gasteiger partial charge in [-0.05, 0) is 42.8 Å². The Bertz CT molecular complexity index is 2140. The van der Waals surface area contributed by atoms with E-state index >= 15 is 0 Å². The van der Waals surface area contributed by atoms with Crippen LogP contribution in [0.15, 0.2) is 97.3 Å². The Kier molecular flexibility index (Phi) is 12.1. The maximum atomic E-state index is 14.1. The van der Waals surface area contributed by atoms with Crippen molar-refractivity contribution >= 4 is 52.4 Å². The Morgan fingerprint density at radius 3 is 2.15 bits per heavy atom. The molecule has 1 aliphatic rings. The van der Waals surface area contributed by atoms with Crippen LogP contribution in [0.25, 0.3) is 11.2 Å². The van der Waals surface area contributed by atoms with Gasteiger partial charge in [0.25, 0.3) is 5.88 Å². The highest BCUT2D eigenvalue weighted by Crippen LogP contribution is 2.41. The van der Waals surface area contributed by atoms with Gasteiger partial charge in [0.1, 0.15) is 19.3 Å². The van der Waals surface area contributed by atoms with Crippen LogP contribution in [-0.4, -0.2) is 82.5 Å². The monoisotopic (exact) mass is 746 g/mol. The van der Waals surface area contributed by atoms with E-state index < -0.39 is 48.3 Å². The molecular formula is C40H38N6O9. The van der Waals surface area contributed by atoms with Crippen LogP contribution in [0.5, 0.6) is 5.88 Å². The molecule has 55 heavy (non-hydrogen) atoms. The van der Waals surface area contributed by atoms with Gasteiger partial charge in [-0.25, -0.2) is 19.5 Å². The average Bonchev–Trinajstić information content (AvgIpc) is 3.77. The first-order chi connectivity index (χ1) is 26.7. The number of hydrogen-bond acceptors (Lipinski definition) is 12. The van der Waals surface area contributed by atoms with E-state index in [9.17, 15) is 19.2 Å². The molecule has 5 aromatic rings. The number of aromatic nitrogens is 4. The fourth-order valence-corrected chi connectivity index (χ4v) is 6.09. The van der Waals surface area contributed by atoms with Gasteiger partial charge in [0.15, 0.2) is 23.5 Å². The van der Waals surface area contributed by atoms with E-state index in [4.69, 9.17) is 30.1 Å². The highest BCUT2D eigenvalue weighted by molar-refractivity contribution is 5.98. The lowest BCUT2D eigenvalue weighted by atomic mass is 9.94. The number of nitrogens with zero attached hydrogens (tertiary/aromatic N) is 6. The summed E-state index contributed by atoms with van der Waals surface area (Å²) in [6.45, 7) is 2.65. The first-order valence-corrected chi connectivity index (χ1v) is 17.3. The molecule has 0 N–H and O–H groups in total. The van der Waals surface area contributed by atoms with Crippen LogP contribution in [0.3, 0.4) is 0 Å². The minimum Gasteiger partial charge on any atom is -0.459 e. The predicted octanol–water partition coefficient (Wildman–Crippen LogP) is 5.49. The number of carbonyl (C=O) groups excluding carboxylic acids is 4. The maximum Gasteiger partial charge on any atom is 0.425 e. The molecule has 3 heterocycles. The average molecular weight is 747 g/mol. The molecule has 1 fully saturated rings. The Balaban J connectivity index is 1.39. The zero-order chi connectivity index (χ0) is 38.9. The number of para-hydroxylation sites is 2. The summed E-state index contributed by atoms with van der Waals surface area (Å²) in [5, 5.41) is 0. The number of carbonyl (C=O) groups is 4. The SMILES string of the molecule is C#CCOCC[C@H]1[C@@H](OC(C)=O)[C@H](n2cnc3c(OC(=O)N(c4ccccc4)c4ccccc4)nc(N(C)C(C)=O)nc32)O[C@@H]1COC(=O)c1ccccc1. The fraction of sp³-hybridized carbons (Fsp3) is 0.275. The van der Waals surface area contributed by atoms with Gasteiger partial charge in [0, 0.05) is 33.4 Å². The first kappa shape index (κ1) is 38.1. The fourth-order valence-electron chi connectivity index (χ4n) is 6.09. The van der Waals surface area contributed by atoms with Crippen molar-refractivity contribution < 1.29 is 42.9 Å². The number of esters is 2. The molecule has 0 bridgehead atoms.